The van der Waals surface area contributed by atoms with E-state index in [1.54, 1.807) is 18.7 Å². The second-order valence-corrected chi connectivity index (χ2v) is 6.55. The SMILES string of the molecule is CSCC(C)(O)CNCC(O)c1ccc2ccccc2c1. The molecule has 0 heterocycles. The highest BCUT2D eigenvalue weighted by Crippen LogP contribution is 2.20. The molecule has 2 unspecified atom stereocenters. The summed E-state index contributed by atoms with van der Waals surface area (Å²) in [5.41, 5.74) is 0.147. The molecule has 114 valence electrons. The van der Waals surface area contributed by atoms with E-state index in [9.17, 15) is 10.2 Å². The molecule has 0 bridgehead atoms. The number of aliphatic hydroxyl groups is 2. The van der Waals surface area contributed by atoms with Crippen LogP contribution in [0.1, 0.15) is 18.6 Å². The first-order valence-corrected chi connectivity index (χ1v) is 8.50. The summed E-state index contributed by atoms with van der Waals surface area (Å²) in [6.07, 6.45) is 1.40. The molecule has 2 aromatic carbocycles. The largest absolute Gasteiger partial charge is 0.388 e. The normalized spacial score (nSPS) is 15.8. The van der Waals surface area contributed by atoms with E-state index < -0.39 is 11.7 Å². The van der Waals surface area contributed by atoms with E-state index in [4.69, 9.17) is 0 Å². The molecule has 0 aromatic heterocycles. The second kappa shape index (κ2) is 7.27. The Bertz CT molecular complexity index is 586. The standard InChI is InChI=1S/C17H23NO2S/c1-17(20,12-21-2)11-18-10-16(19)15-8-7-13-5-3-4-6-14(13)9-15/h3-9,16,18-20H,10-12H2,1-2H3. The van der Waals surface area contributed by atoms with Crippen LogP contribution in [0.25, 0.3) is 10.8 Å². The predicted octanol–water partition coefficient (Wildman–Crippen LogP) is 2.58. The van der Waals surface area contributed by atoms with Crippen LogP contribution in [-0.4, -0.2) is 40.9 Å². The first-order chi connectivity index (χ1) is 10.0. The molecule has 3 N–H and O–H groups in total. The highest BCUT2D eigenvalue weighted by Gasteiger charge is 2.19. The summed E-state index contributed by atoms with van der Waals surface area (Å²) in [6, 6.07) is 14.1. The van der Waals surface area contributed by atoms with Crippen molar-refractivity contribution in [2.75, 3.05) is 25.1 Å². The van der Waals surface area contributed by atoms with Crippen LogP contribution in [0.4, 0.5) is 0 Å². The topological polar surface area (TPSA) is 52.5 Å². The van der Waals surface area contributed by atoms with Gasteiger partial charge >= 0.3 is 0 Å². The average Bonchev–Trinajstić information content (AvgIpc) is 2.46. The van der Waals surface area contributed by atoms with E-state index in [-0.39, 0.29) is 0 Å². The van der Waals surface area contributed by atoms with Gasteiger partial charge in [0, 0.05) is 18.8 Å². The van der Waals surface area contributed by atoms with Crippen molar-refractivity contribution in [3.63, 3.8) is 0 Å². The van der Waals surface area contributed by atoms with Gasteiger partial charge in [-0.25, -0.2) is 0 Å². The van der Waals surface area contributed by atoms with Gasteiger partial charge in [0.15, 0.2) is 0 Å². The third-order valence-corrected chi connectivity index (χ3v) is 4.37. The lowest BCUT2D eigenvalue weighted by atomic mass is 10.0. The van der Waals surface area contributed by atoms with Crippen LogP contribution >= 0.6 is 11.8 Å². The van der Waals surface area contributed by atoms with Crippen LogP contribution < -0.4 is 5.32 Å². The van der Waals surface area contributed by atoms with Gasteiger partial charge in [0.1, 0.15) is 0 Å². The molecule has 0 radical (unpaired) electrons. The van der Waals surface area contributed by atoms with Gasteiger partial charge in [0.05, 0.1) is 11.7 Å². The lowest BCUT2D eigenvalue weighted by Gasteiger charge is -2.23. The fraction of sp³-hybridized carbons (Fsp3) is 0.412. The van der Waals surface area contributed by atoms with Gasteiger partial charge < -0.3 is 15.5 Å². The smallest absolute Gasteiger partial charge is 0.0914 e. The minimum absolute atomic E-state index is 0.433. The van der Waals surface area contributed by atoms with E-state index >= 15 is 0 Å². The van der Waals surface area contributed by atoms with Crippen molar-refractivity contribution in [1.82, 2.24) is 5.32 Å². The summed E-state index contributed by atoms with van der Waals surface area (Å²) in [4.78, 5) is 0. The zero-order chi connectivity index (χ0) is 15.3. The van der Waals surface area contributed by atoms with Crippen LogP contribution in [0, 0.1) is 0 Å². The number of benzene rings is 2. The van der Waals surface area contributed by atoms with Gasteiger partial charge in [-0.15, -0.1) is 0 Å². The number of aliphatic hydroxyl groups excluding tert-OH is 1. The van der Waals surface area contributed by atoms with Crippen LogP contribution in [0.5, 0.6) is 0 Å². The molecule has 21 heavy (non-hydrogen) atoms. The molecule has 4 heteroatoms. The average molecular weight is 305 g/mol. The number of nitrogens with one attached hydrogen (secondary N) is 1. The molecular formula is C17H23NO2S. The van der Waals surface area contributed by atoms with E-state index in [2.05, 4.69) is 11.4 Å². The quantitative estimate of drug-likeness (QED) is 0.736. The Labute approximate surface area is 130 Å². The first kappa shape index (κ1) is 16.3. The molecule has 0 saturated carbocycles. The highest BCUT2D eigenvalue weighted by atomic mass is 32.2. The Morgan fingerprint density at radius 2 is 1.90 bits per heavy atom. The Kier molecular flexibility index (Phi) is 5.65. The Balaban J connectivity index is 1.94. The Hall–Kier alpha value is -1.07. The maximum atomic E-state index is 10.3. The van der Waals surface area contributed by atoms with E-state index in [1.165, 1.54) is 5.39 Å². The van der Waals surface area contributed by atoms with Crippen LogP contribution in [-0.2, 0) is 0 Å². The van der Waals surface area contributed by atoms with Crippen LogP contribution in [0.3, 0.4) is 0 Å². The number of fused-ring (bicyclic) bond motifs is 1. The number of rotatable bonds is 7. The number of hydrogen-bond donors (Lipinski definition) is 3. The molecule has 2 rings (SSSR count). The summed E-state index contributed by atoms with van der Waals surface area (Å²) in [6.45, 7) is 2.71. The molecule has 0 aliphatic rings. The van der Waals surface area contributed by atoms with Crippen LogP contribution in [0.2, 0.25) is 0 Å². The van der Waals surface area contributed by atoms with E-state index in [1.807, 2.05) is 42.7 Å². The highest BCUT2D eigenvalue weighted by molar-refractivity contribution is 7.98. The van der Waals surface area contributed by atoms with Crippen molar-refractivity contribution in [2.45, 2.75) is 18.6 Å². The summed E-state index contributed by atoms with van der Waals surface area (Å²) in [5.74, 6) is 0.673. The number of hydrogen-bond acceptors (Lipinski definition) is 4. The molecule has 0 saturated heterocycles. The molecule has 0 fully saturated rings. The van der Waals surface area contributed by atoms with Crippen molar-refractivity contribution < 1.29 is 10.2 Å². The molecule has 2 aromatic rings. The van der Waals surface area contributed by atoms with E-state index in [0.717, 1.165) is 10.9 Å². The van der Waals surface area contributed by atoms with Gasteiger partial charge in [-0.05, 0) is 35.6 Å². The van der Waals surface area contributed by atoms with Gasteiger partial charge in [0.25, 0.3) is 0 Å². The monoisotopic (exact) mass is 305 g/mol. The zero-order valence-corrected chi connectivity index (χ0v) is 13.4. The second-order valence-electron chi connectivity index (χ2n) is 5.68. The van der Waals surface area contributed by atoms with Gasteiger partial charge in [-0.1, -0.05) is 36.4 Å². The summed E-state index contributed by atoms with van der Waals surface area (Å²) < 4.78 is 0. The van der Waals surface area contributed by atoms with Gasteiger partial charge in [0.2, 0.25) is 0 Å². The summed E-state index contributed by atoms with van der Waals surface area (Å²) in [5, 5.41) is 25.8. The van der Waals surface area contributed by atoms with E-state index in [0.29, 0.717) is 18.8 Å². The Morgan fingerprint density at radius 1 is 1.19 bits per heavy atom. The van der Waals surface area contributed by atoms with Crippen molar-refractivity contribution in [1.29, 1.82) is 0 Å². The Morgan fingerprint density at radius 3 is 2.62 bits per heavy atom. The van der Waals surface area contributed by atoms with Crippen LogP contribution in [0.15, 0.2) is 42.5 Å². The molecular weight excluding hydrogens is 282 g/mol. The van der Waals surface area contributed by atoms with Crippen molar-refractivity contribution in [2.24, 2.45) is 0 Å². The minimum Gasteiger partial charge on any atom is -0.388 e. The zero-order valence-electron chi connectivity index (χ0n) is 12.5. The van der Waals surface area contributed by atoms with Gasteiger partial charge in [-0.3, -0.25) is 0 Å². The summed E-state index contributed by atoms with van der Waals surface area (Å²) in [7, 11) is 0. The first-order valence-electron chi connectivity index (χ1n) is 7.11. The molecule has 0 aliphatic heterocycles. The third-order valence-electron chi connectivity index (χ3n) is 3.46. The molecule has 0 spiro atoms. The predicted molar refractivity (Wildman–Crippen MR) is 90.8 cm³/mol. The summed E-state index contributed by atoms with van der Waals surface area (Å²) >= 11 is 1.61. The minimum atomic E-state index is -0.747. The third kappa shape index (κ3) is 4.71. The van der Waals surface area contributed by atoms with Crippen molar-refractivity contribution in [3.05, 3.63) is 48.0 Å². The van der Waals surface area contributed by atoms with Gasteiger partial charge in [-0.2, -0.15) is 11.8 Å². The fourth-order valence-electron chi connectivity index (χ4n) is 2.37. The molecule has 0 aliphatic carbocycles. The van der Waals surface area contributed by atoms with Crippen molar-refractivity contribution in [3.8, 4) is 0 Å². The maximum absolute atomic E-state index is 10.3. The molecule has 3 nitrogen and oxygen atoms in total. The molecule has 2 atom stereocenters. The fourth-order valence-corrected chi connectivity index (χ4v) is 3.10. The molecule has 0 amide bonds. The maximum Gasteiger partial charge on any atom is 0.0914 e. The number of thioether (sulfide) groups is 1. The lowest BCUT2D eigenvalue weighted by molar-refractivity contribution is 0.0786. The lowest BCUT2D eigenvalue weighted by Crippen LogP contribution is -2.41. The van der Waals surface area contributed by atoms with Crippen molar-refractivity contribution >= 4 is 22.5 Å².